The first-order valence-electron chi connectivity index (χ1n) is 5.00. The van der Waals surface area contributed by atoms with Crippen LogP contribution in [0.2, 0.25) is 0 Å². The van der Waals surface area contributed by atoms with Gasteiger partial charge in [-0.05, 0) is 33.6 Å². The standard InChI is InChI=1S/C11H10BrNO4/c1-7(13(14)15)4-8-5-9(12)11-10(6-8)16-2-3-17-11/h4-6H,2-3H2,1H3. The first-order valence-corrected chi connectivity index (χ1v) is 5.79. The highest BCUT2D eigenvalue weighted by atomic mass is 79.9. The predicted molar refractivity (Wildman–Crippen MR) is 65.8 cm³/mol. The highest BCUT2D eigenvalue weighted by Crippen LogP contribution is 2.38. The lowest BCUT2D eigenvalue weighted by atomic mass is 10.1. The molecule has 1 aromatic carbocycles. The molecule has 0 amide bonds. The van der Waals surface area contributed by atoms with Crippen molar-refractivity contribution in [1.82, 2.24) is 0 Å². The summed E-state index contributed by atoms with van der Waals surface area (Å²) in [7, 11) is 0. The number of rotatable bonds is 2. The second-order valence-electron chi connectivity index (χ2n) is 3.57. The van der Waals surface area contributed by atoms with E-state index in [1.807, 2.05) is 0 Å². The molecule has 0 saturated carbocycles. The van der Waals surface area contributed by atoms with Gasteiger partial charge in [0.15, 0.2) is 11.5 Å². The molecule has 1 aliphatic heterocycles. The summed E-state index contributed by atoms with van der Waals surface area (Å²) in [5, 5.41) is 10.5. The summed E-state index contributed by atoms with van der Waals surface area (Å²) in [6.45, 7) is 2.44. The molecule has 90 valence electrons. The lowest BCUT2D eigenvalue weighted by molar-refractivity contribution is -0.422. The molecule has 0 spiro atoms. The minimum Gasteiger partial charge on any atom is -0.486 e. The van der Waals surface area contributed by atoms with Crippen molar-refractivity contribution in [3.05, 3.63) is 38.0 Å². The molecule has 1 aromatic rings. The largest absolute Gasteiger partial charge is 0.486 e. The Balaban J connectivity index is 2.41. The van der Waals surface area contributed by atoms with Gasteiger partial charge >= 0.3 is 0 Å². The fourth-order valence-electron chi connectivity index (χ4n) is 1.51. The molecule has 0 aliphatic carbocycles. The molecule has 0 radical (unpaired) electrons. The molecule has 0 fully saturated rings. The van der Waals surface area contributed by atoms with Gasteiger partial charge in [-0.15, -0.1) is 0 Å². The molecule has 17 heavy (non-hydrogen) atoms. The molecule has 5 nitrogen and oxygen atoms in total. The zero-order valence-electron chi connectivity index (χ0n) is 9.10. The van der Waals surface area contributed by atoms with Crippen LogP contribution < -0.4 is 9.47 Å². The predicted octanol–water partition coefficient (Wildman–Crippen LogP) is 2.86. The summed E-state index contributed by atoms with van der Waals surface area (Å²) < 4.78 is 11.6. The van der Waals surface area contributed by atoms with Gasteiger partial charge in [-0.25, -0.2) is 0 Å². The fraction of sp³-hybridized carbons (Fsp3) is 0.273. The lowest BCUT2D eigenvalue weighted by Gasteiger charge is -2.19. The van der Waals surface area contributed by atoms with E-state index in [0.717, 1.165) is 4.47 Å². The van der Waals surface area contributed by atoms with Crippen LogP contribution in [0.25, 0.3) is 6.08 Å². The number of benzene rings is 1. The highest BCUT2D eigenvalue weighted by molar-refractivity contribution is 9.10. The number of allylic oxidation sites excluding steroid dienone is 1. The first-order chi connectivity index (χ1) is 8.08. The van der Waals surface area contributed by atoms with E-state index in [4.69, 9.17) is 9.47 Å². The van der Waals surface area contributed by atoms with Crippen molar-refractivity contribution in [3.8, 4) is 11.5 Å². The van der Waals surface area contributed by atoms with E-state index in [2.05, 4.69) is 15.9 Å². The Labute approximate surface area is 106 Å². The van der Waals surface area contributed by atoms with Crippen molar-refractivity contribution in [2.45, 2.75) is 6.92 Å². The smallest absolute Gasteiger partial charge is 0.243 e. The summed E-state index contributed by atoms with van der Waals surface area (Å²) in [6.07, 6.45) is 1.49. The molecule has 0 bridgehead atoms. The minimum atomic E-state index is -0.426. The van der Waals surface area contributed by atoms with Crippen molar-refractivity contribution in [3.63, 3.8) is 0 Å². The van der Waals surface area contributed by atoms with Gasteiger partial charge in [0.1, 0.15) is 13.2 Å². The second kappa shape index (κ2) is 4.75. The fourth-order valence-corrected chi connectivity index (χ4v) is 2.08. The van der Waals surface area contributed by atoms with E-state index in [-0.39, 0.29) is 5.70 Å². The van der Waals surface area contributed by atoms with Crippen LogP contribution in [0.1, 0.15) is 12.5 Å². The van der Waals surface area contributed by atoms with Crippen LogP contribution in [0.3, 0.4) is 0 Å². The lowest BCUT2D eigenvalue weighted by Crippen LogP contribution is -2.15. The molecule has 6 heteroatoms. The average molecular weight is 300 g/mol. The maximum atomic E-state index is 10.5. The SMILES string of the molecule is CC(=Cc1cc(Br)c2c(c1)OCCO2)[N+](=O)[O-]. The summed E-state index contributed by atoms with van der Waals surface area (Å²) in [6, 6.07) is 3.49. The summed E-state index contributed by atoms with van der Waals surface area (Å²) in [5.74, 6) is 1.25. The maximum absolute atomic E-state index is 10.5. The average Bonchev–Trinajstić information content (AvgIpc) is 2.29. The summed E-state index contributed by atoms with van der Waals surface area (Å²) in [4.78, 5) is 10.1. The Hall–Kier alpha value is -1.56. The topological polar surface area (TPSA) is 61.6 Å². The highest BCUT2D eigenvalue weighted by Gasteiger charge is 2.16. The van der Waals surface area contributed by atoms with E-state index in [1.54, 1.807) is 12.1 Å². The zero-order chi connectivity index (χ0) is 12.4. The number of hydrogen-bond acceptors (Lipinski definition) is 4. The Kier molecular flexibility index (Phi) is 3.33. The van der Waals surface area contributed by atoms with Crippen molar-refractivity contribution in [1.29, 1.82) is 0 Å². The molecular weight excluding hydrogens is 290 g/mol. The van der Waals surface area contributed by atoms with Gasteiger partial charge in [-0.1, -0.05) is 0 Å². The molecule has 0 atom stereocenters. The van der Waals surface area contributed by atoms with E-state index >= 15 is 0 Å². The number of fused-ring (bicyclic) bond motifs is 1. The van der Waals surface area contributed by atoms with Crippen molar-refractivity contribution < 1.29 is 14.4 Å². The van der Waals surface area contributed by atoms with Crippen LogP contribution in [0.5, 0.6) is 11.5 Å². The first kappa shape index (κ1) is 11.9. The third kappa shape index (κ3) is 2.58. The van der Waals surface area contributed by atoms with E-state index in [1.165, 1.54) is 13.0 Å². The van der Waals surface area contributed by atoms with Gasteiger partial charge in [0, 0.05) is 13.0 Å². The van der Waals surface area contributed by atoms with Crippen LogP contribution in [0.15, 0.2) is 22.3 Å². The molecule has 2 rings (SSSR count). The van der Waals surface area contributed by atoms with Gasteiger partial charge in [-0.3, -0.25) is 10.1 Å². The molecule has 0 N–H and O–H groups in total. The Morgan fingerprint density at radius 2 is 2.18 bits per heavy atom. The van der Waals surface area contributed by atoms with Crippen molar-refractivity contribution >= 4 is 22.0 Å². The quantitative estimate of drug-likeness (QED) is 0.622. The van der Waals surface area contributed by atoms with E-state index in [0.29, 0.717) is 30.3 Å². The van der Waals surface area contributed by atoms with Gasteiger partial charge in [0.25, 0.3) is 0 Å². The van der Waals surface area contributed by atoms with Gasteiger partial charge in [-0.2, -0.15) is 0 Å². The number of hydrogen-bond donors (Lipinski definition) is 0. The van der Waals surface area contributed by atoms with Gasteiger partial charge in [0.2, 0.25) is 5.70 Å². The maximum Gasteiger partial charge on any atom is 0.243 e. The third-order valence-corrected chi connectivity index (χ3v) is 2.87. The van der Waals surface area contributed by atoms with Crippen molar-refractivity contribution in [2.75, 3.05) is 13.2 Å². The number of halogens is 1. The third-order valence-electron chi connectivity index (χ3n) is 2.28. The number of nitrogens with zero attached hydrogens (tertiary/aromatic N) is 1. The molecule has 0 unspecified atom stereocenters. The molecule has 1 heterocycles. The van der Waals surface area contributed by atoms with Crippen LogP contribution >= 0.6 is 15.9 Å². The van der Waals surface area contributed by atoms with Crippen LogP contribution in [0.4, 0.5) is 0 Å². The molecular formula is C11H10BrNO4. The minimum absolute atomic E-state index is 0.0774. The van der Waals surface area contributed by atoms with Gasteiger partial charge < -0.3 is 9.47 Å². The van der Waals surface area contributed by atoms with E-state index < -0.39 is 4.92 Å². The Morgan fingerprint density at radius 3 is 2.88 bits per heavy atom. The summed E-state index contributed by atoms with van der Waals surface area (Å²) in [5.41, 5.74) is 0.781. The number of ether oxygens (including phenoxy) is 2. The Morgan fingerprint density at radius 1 is 1.47 bits per heavy atom. The monoisotopic (exact) mass is 299 g/mol. The van der Waals surface area contributed by atoms with Gasteiger partial charge in [0.05, 0.1) is 9.40 Å². The van der Waals surface area contributed by atoms with Crippen LogP contribution in [-0.2, 0) is 0 Å². The van der Waals surface area contributed by atoms with Crippen LogP contribution in [-0.4, -0.2) is 18.1 Å². The zero-order valence-corrected chi connectivity index (χ0v) is 10.7. The Bertz CT molecular complexity index is 498. The molecule has 0 saturated heterocycles. The normalized spacial score (nSPS) is 14.6. The second-order valence-corrected chi connectivity index (χ2v) is 4.42. The van der Waals surface area contributed by atoms with Crippen LogP contribution in [0, 0.1) is 10.1 Å². The van der Waals surface area contributed by atoms with Crippen molar-refractivity contribution in [2.24, 2.45) is 0 Å². The molecule has 0 aromatic heterocycles. The summed E-state index contributed by atoms with van der Waals surface area (Å²) >= 11 is 3.36. The van der Waals surface area contributed by atoms with E-state index in [9.17, 15) is 10.1 Å². The number of nitro groups is 1. The molecule has 1 aliphatic rings.